The summed E-state index contributed by atoms with van der Waals surface area (Å²) in [5.74, 6) is 1.59. The molecule has 0 fully saturated rings. The molecule has 4 nitrogen and oxygen atoms in total. The third kappa shape index (κ3) is 2.28. The highest BCUT2D eigenvalue weighted by molar-refractivity contribution is 5.54. The van der Waals surface area contributed by atoms with Gasteiger partial charge in [-0.15, -0.1) is 0 Å². The number of H-pyrrole nitrogens is 1. The number of imidazole rings is 1. The molecule has 4 heteroatoms. The fraction of sp³-hybridized carbons (Fsp3) is 0.182. The molecule has 0 saturated carbocycles. The number of methoxy groups -OCH3 is 1. The van der Waals surface area contributed by atoms with Crippen LogP contribution in [0.15, 0.2) is 30.5 Å². The van der Waals surface area contributed by atoms with Crippen molar-refractivity contribution in [3.05, 3.63) is 36.2 Å². The van der Waals surface area contributed by atoms with Gasteiger partial charge in [0.25, 0.3) is 0 Å². The van der Waals surface area contributed by atoms with Crippen LogP contribution >= 0.6 is 0 Å². The van der Waals surface area contributed by atoms with Crippen LogP contribution < -0.4 is 10.1 Å². The quantitative estimate of drug-likeness (QED) is 0.805. The van der Waals surface area contributed by atoms with E-state index < -0.39 is 0 Å². The Kier molecular flexibility index (Phi) is 2.58. The van der Waals surface area contributed by atoms with Gasteiger partial charge >= 0.3 is 0 Å². The van der Waals surface area contributed by atoms with Crippen LogP contribution in [0.2, 0.25) is 0 Å². The molecule has 2 rings (SSSR count). The van der Waals surface area contributed by atoms with Gasteiger partial charge in [0, 0.05) is 17.6 Å². The third-order valence-corrected chi connectivity index (χ3v) is 2.06. The van der Waals surface area contributed by atoms with Gasteiger partial charge in [0.05, 0.1) is 7.11 Å². The molecule has 0 radical (unpaired) electrons. The Morgan fingerprint density at radius 1 is 1.27 bits per heavy atom. The first kappa shape index (κ1) is 9.58. The number of ether oxygens (including phenoxy) is 1. The van der Waals surface area contributed by atoms with Crippen LogP contribution in [-0.4, -0.2) is 17.1 Å². The average Bonchev–Trinajstić information content (AvgIpc) is 2.65. The van der Waals surface area contributed by atoms with Crippen molar-refractivity contribution in [3.8, 4) is 5.75 Å². The van der Waals surface area contributed by atoms with Crippen molar-refractivity contribution >= 4 is 11.6 Å². The molecule has 1 heterocycles. The molecule has 1 aromatic carbocycles. The molecule has 0 saturated heterocycles. The molecule has 0 atom stereocenters. The number of nitrogens with zero attached hydrogens (tertiary/aromatic N) is 1. The smallest absolute Gasteiger partial charge is 0.204 e. The van der Waals surface area contributed by atoms with E-state index in [0.29, 0.717) is 0 Å². The second-order valence-electron chi connectivity index (χ2n) is 3.27. The van der Waals surface area contributed by atoms with E-state index >= 15 is 0 Å². The summed E-state index contributed by atoms with van der Waals surface area (Å²) in [6.45, 7) is 1.96. The maximum Gasteiger partial charge on any atom is 0.204 e. The van der Waals surface area contributed by atoms with E-state index in [-0.39, 0.29) is 0 Å². The minimum absolute atomic E-state index is 0.748. The number of hydrogen-bond donors (Lipinski definition) is 2. The Morgan fingerprint density at radius 2 is 2.00 bits per heavy atom. The third-order valence-electron chi connectivity index (χ3n) is 2.06. The van der Waals surface area contributed by atoms with Crippen molar-refractivity contribution in [1.82, 2.24) is 9.97 Å². The summed E-state index contributed by atoms with van der Waals surface area (Å²) in [5, 5.41) is 3.15. The zero-order valence-corrected chi connectivity index (χ0v) is 8.74. The lowest BCUT2D eigenvalue weighted by molar-refractivity contribution is 0.415. The van der Waals surface area contributed by atoms with Gasteiger partial charge in [0.15, 0.2) is 0 Å². The fourth-order valence-corrected chi connectivity index (χ4v) is 1.29. The number of benzene rings is 1. The molecular formula is C11H13N3O. The highest BCUT2D eigenvalue weighted by Crippen LogP contribution is 2.17. The Morgan fingerprint density at radius 3 is 2.53 bits per heavy atom. The lowest BCUT2D eigenvalue weighted by atomic mass is 10.3. The topological polar surface area (TPSA) is 49.9 Å². The van der Waals surface area contributed by atoms with Gasteiger partial charge in [0.2, 0.25) is 5.95 Å². The highest BCUT2D eigenvalue weighted by Gasteiger charge is 1.98. The zero-order chi connectivity index (χ0) is 10.7. The summed E-state index contributed by atoms with van der Waals surface area (Å²) >= 11 is 0. The summed E-state index contributed by atoms with van der Waals surface area (Å²) in [7, 11) is 1.65. The predicted octanol–water partition coefficient (Wildman–Crippen LogP) is 2.47. The maximum absolute atomic E-state index is 5.07. The van der Waals surface area contributed by atoms with E-state index in [0.717, 1.165) is 23.1 Å². The fourth-order valence-electron chi connectivity index (χ4n) is 1.29. The first-order valence-corrected chi connectivity index (χ1v) is 4.70. The van der Waals surface area contributed by atoms with Gasteiger partial charge in [-0.05, 0) is 31.2 Å². The molecule has 0 spiro atoms. The second kappa shape index (κ2) is 4.04. The predicted molar refractivity (Wildman–Crippen MR) is 59.6 cm³/mol. The molecule has 15 heavy (non-hydrogen) atoms. The number of aromatic nitrogens is 2. The van der Waals surface area contributed by atoms with Crippen LogP contribution in [0.1, 0.15) is 5.69 Å². The van der Waals surface area contributed by atoms with Crippen LogP contribution in [0, 0.1) is 6.92 Å². The van der Waals surface area contributed by atoms with E-state index in [1.807, 2.05) is 31.2 Å². The Balaban J connectivity index is 2.11. The zero-order valence-electron chi connectivity index (χ0n) is 8.74. The second-order valence-corrected chi connectivity index (χ2v) is 3.27. The summed E-state index contributed by atoms with van der Waals surface area (Å²) in [5.41, 5.74) is 2.01. The summed E-state index contributed by atoms with van der Waals surface area (Å²) in [6, 6.07) is 7.68. The molecule has 0 unspecified atom stereocenters. The van der Waals surface area contributed by atoms with Gasteiger partial charge in [-0.1, -0.05) is 0 Å². The maximum atomic E-state index is 5.07. The number of aryl methyl sites for hydroxylation is 1. The SMILES string of the molecule is COc1ccc(Nc2ncc(C)[nH]2)cc1. The monoisotopic (exact) mass is 203 g/mol. The highest BCUT2D eigenvalue weighted by atomic mass is 16.5. The Hall–Kier alpha value is -1.97. The van der Waals surface area contributed by atoms with E-state index in [1.165, 1.54) is 0 Å². The summed E-state index contributed by atoms with van der Waals surface area (Å²) in [6.07, 6.45) is 1.78. The lowest BCUT2D eigenvalue weighted by Crippen LogP contribution is -1.92. The van der Waals surface area contributed by atoms with E-state index in [1.54, 1.807) is 13.3 Å². The van der Waals surface area contributed by atoms with Crippen molar-refractivity contribution in [1.29, 1.82) is 0 Å². The normalized spacial score (nSPS) is 10.0. The van der Waals surface area contributed by atoms with Crippen molar-refractivity contribution in [2.45, 2.75) is 6.92 Å². The van der Waals surface area contributed by atoms with Gasteiger partial charge in [-0.3, -0.25) is 0 Å². The number of anilines is 2. The largest absolute Gasteiger partial charge is 0.497 e. The molecule has 0 bridgehead atoms. The van der Waals surface area contributed by atoms with Crippen LogP contribution in [0.25, 0.3) is 0 Å². The van der Waals surface area contributed by atoms with Crippen LogP contribution in [-0.2, 0) is 0 Å². The van der Waals surface area contributed by atoms with Crippen molar-refractivity contribution in [3.63, 3.8) is 0 Å². The number of nitrogens with one attached hydrogen (secondary N) is 2. The van der Waals surface area contributed by atoms with E-state index in [2.05, 4.69) is 15.3 Å². The van der Waals surface area contributed by atoms with E-state index in [9.17, 15) is 0 Å². The van der Waals surface area contributed by atoms with Crippen molar-refractivity contribution in [2.24, 2.45) is 0 Å². The molecule has 2 aromatic rings. The molecule has 0 aliphatic carbocycles. The van der Waals surface area contributed by atoms with Crippen LogP contribution in [0.5, 0.6) is 5.75 Å². The molecular weight excluding hydrogens is 190 g/mol. The first-order chi connectivity index (χ1) is 7.28. The number of hydrogen-bond acceptors (Lipinski definition) is 3. The molecule has 78 valence electrons. The van der Waals surface area contributed by atoms with Crippen LogP contribution in [0.4, 0.5) is 11.6 Å². The van der Waals surface area contributed by atoms with Gasteiger partial charge < -0.3 is 15.0 Å². The summed E-state index contributed by atoms with van der Waals surface area (Å²) in [4.78, 5) is 7.26. The van der Waals surface area contributed by atoms with Crippen LogP contribution in [0.3, 0.4) is 0 Å². The minimum Gasteiger partial charge on any atom is -0.497 e. The van der Waals surface area contributed by atoms with Gasteiger partial charge in [-0.25, -0.2) is 4.98 Å². The summed E-state index contributed by atoms with van der Waals surface area (Å²) < 4.78 is 5.07. The molecule has 0 amide bonds. The standard InChI is InChI=1S/C11H13N3O/c1-8-7-12-11(13-8)14-9-3-5-10(15-2)6-4-9/h3-7H,1-2H3,(H2,12,13,14). The van der Waals surface area contributed by atoms with Gasteiger partial charge in [0.1, 0.15) is 5.75 Å². The molecule has 0 aliphatic heterocycles. The van der Waals surface area contributed by atoms with E-state index in [4.69, 9.17) is 4.74 Å². The molecule has 2 N–H and O–H groups in total. The van der Waals surface area contributed by atoms with Crippen molar-refractivity contribution < 1.29 is 4.74 Å². The minimum atomic E-state index is 0.748. The van der Waals surface area contributed by atoms with Crippen molar-refractivity contribution in [2.75, 3.05) is 12.4 Å². The average molecular weight is 203 g/mol. The number of rotatable bonds is 3. The Labute approximate surface area is 88.3 Å². The lowest BCUT2D eigenvalue weighted by Gasteiger charge is -2.03. The molecule has 1 aromatic heterocycles. The van der Waals surface area contributed by atoms with Gasteiger partial charge in [-0.2, -0.15) is 0 Å². The first-order valence-electron chi connectivity index (χ1n) is 4.70. The Bertz CT molecular complexity index is 433. The molecule has 0 aliphatic rings. The number of aromatic amines is 1.